The van der Waals surface area contributed by atoms with Gasteiger partial charge in [-0.2, -0.15) is 5.10 Å². The molecule has 30 heavy (non-hydrogen) atoms. The van der Waals surface area contributed by atoms with Crippen LogP contribution in [-0.4, -0.2) is 25.2 Å². The van der Waals surface area contributed by atoms with Gasteiger partial charge in [0.2, 0.25) is 5.91 Å². The summed E-state index contributed by atoms with van der Waals surface area (Å²) in [7, 11) is 0. The Kier molecular flexibility index (Phi) is 5.09. The van der Waals surface area contributed by atoms with Crippen molar-refractivity contribution in [2.24, 2.45) is 0 Å². The average molecular weight is 399 g/mol. The van der Waals surface area contributed by atoms with E-state index in [2.05, 4.69) is 21.3 Å². The molecule has 0 aliphatic rings. The highest BCUT2D eigenvalue weighted by Gasteiger charge is 2.12. The highest BCUT2D eigenvalue weighted by molar-refractivity contribution is 5.84. The van der Waals surface area contributed by atoms with E-state index in [1.807, 2.05) is 0 Å². The summed E-state index contributed by atoms with van der Waals surface area (Å²) in [6.07, 6.45) is 6.68. The Morgan fingerprint density at radius 2 is 1.70 bits per heavy atom. The van der Waals surface area contributed by atoms with Crippen molar-refractivity contribution in [1.82, 2.24) is 24.6 Å². The van der Waals surface area contributed by atoms with Crippen molar-refractivity contribution in [3.05, 3.63) is 81.3 Å². The summed E-state index contributed by atoms with van der Waals surface area (Å²) < 4.78 is 2.45. The molecule has 2 aromatic carbocycles. The summed E-state index contributed by atoms with van der Waals surface area (Å²) in [6, 6.07) is 14.0. The van der Waals surface area contributed by atoms with Gasteiger partial charge in [0.25, 0.3) is 11.1 Å². The Bertz CT molecular complexity index is 1430. The molecule has 0 unspecified atom stereocenters. The van der Waals surface area contributed by atoms with Crippen LogP contribution in [0.5, 0.6) is 0 Å². The largest absolute Gasteiger partial charge is 0.349 e. The molecular formula is C22H17N5O3. The van der Waals surface area contributed by atoms with Gasteiger partial charge < -0.3 is 5.32 Å². The first-order valence-electron chi connectivity index (χ1n) is 9.21. The van der Waals surface area contributed by atoms with Crippen molar-refractivity contribution in [1.29, 1.82) is 0 Å². The second-order valence-corrected chi connectivity index (χ2v) is 6.63. The number of hydrogen-bond donors (Lipinski definition) is 1. The molecule has 4 aromatic rings. The van der Waals surface area contributed by atoms with E-state index >= 15 is 0 Å². The zero-order chi connectivity index (χ0) is 21.1. The molecule has 8 heteroatoms. The monoisotopic (exact) mass is 399 g/mol. The number of terminal acetylenes is 1. The van der Waals surface area contributed by atoms with Crippen LogP contribution in [0.15, 0.2) is 64.4 Å². The van der Waals surface area contributed by atoms with Gasteiger partial charge in [0.15, 0.2) is 0 Å². The number of carbonyl (C=O) groups is 1. The molecule has 2 heterocycles. The van der Waals surface area contributed by atoms with Gasteiger partial charge in [0.05, 0.1) is 34.9 Å². The van der Waals surface area contributed by atoms with Crippen LogP contribution >= 0.6 is 0 Å². The van der Waals surface area contributed by atoms with Crippen LogP contribution in [-0.2, 0) is 24.4 Å². The molecule has 1 N–H and O–H groups in total. The molecule has 0 bridgehead atoms. The van der Waals surface area contributed by atoms with Gasteiger partial charge in [-0.15, -0.1) is 6.42 Å². The molecule has 1 amide bonds. The first kappa shape index (κ1) is 19.1. The molecule has 4 rings (SSSR count). The van der Waals surface area contributed by atoms with Gasteiger partial charge in [-0.1, -0.05) is 36.3 Å². The van der Waals surface area contributed by atoms with Gasteiger partial charge in [0, 0.05) is 5.39 Å². The van der Waals surface area contributed by atoms with Gasteiger partial charge in [-0.25, -0.2) is 9.67 Å². The van der Waals surface area contributed by atoms with Gasteiger partial charge in [-0.3, -0.25) is 19.0 Å². The summed E-state index contributed by atoms with van der Waals surface area (Å²) >= 11 is 0. The maximum absolute atomic E-state index is 12.5. The number of carbonyl (C=O) groups excluding carboxylic acids is 1. The highest BCUT2D eigenvalue weighted by Crippen LogP contribution is 2.13. The normalized spacial score (nSPS) is 10.8. The number of amides is 1. The molecule has 0 saturated carbocycles. The van der Waals surface area contributed by atoms with E-state index < -0.39 is 0 Å². The van der Waals surface area contributed by atoms with Gasteiger partial charge >= 0.3 is 0 Å². The SMILES string of the molecule is C#CCn1nc(CNC(=O)Cn2cnc3ccccc3c2=O)c2ccccc2c1=O. The molecule has 0 fully saturated rings. The third-order valence-corrected chi connectivity index (χ3v) is 4.68. The summed E-state index contributed by atoms with van der Waals surface area (Å²) in [5.74, 6) is 2.02. The predicted octanol–water partition coefficient (Wildman–Crippen LogP) is 1.06. The second kappa shape index (κ2) is 8.01. The van der Waals surface area contributed by atoms with Crippen LogP contribution in [0.1, 0.15) is 5.69 Å². The Hall–Kier alpha value is -4.25. The number of fused-ring (bicyclic) bond motifs is 2. The lowest BCUT2D eigenvalue weighted by Crippen LogP contribution is -2.33. The fourth-order valence-electron chi connectivity index (χ4n) is 3.24. The number of nitrogens with zero attached hydrogens (tertiary/aromatic N) is 4. The van der Waals surface area contributed by atoms with E-state index in [9.17, 15) is 14.4 Å². The summed E-state index contributed by atoms with van der Waals surface area (Å²) in [6.45, 7) is -0.0681. The van der Waals surface area contributed by atoms with Crippen molar-refractivity contribution >= 4 is 27.6 Å². The maximum Gasteiger partial charge on any atom is 0.275 e. The van der Waals surface area contributed by atoms with Crippen LogP contribution in [0.25, 0.3) is 21.7 Å². The second-order valence-electron chi connectivity index (χ2n) is 6.63. The van der Waals surface area contributed by atoms with Crippen molar-refractivity contribution < 1.29 is 4.79 Å². The first-order valence-corrected chi connectivity index (χ1v) is 9.21. The summed E-state index contributed by atoms with van der Waals surface area (Å²) in [5.41, 5.74) is 0.512. The number of aromatic nitrogens is 4. The minimum atomic E-state index is -0.380. The quantitative estimate of drug-likeness (QED) is 0.506. The molecule has 148 valence electrons. The summed E-state index contributed by atoms with van der Waals surface area (Å²) in [5, 5.41) is 8.60. The molecule has 0 atom stereocenters. The van der Waals surface area contributed by atoms with E-state index in [0.717, 1.165) is 0 Å². The average Bonchev–Trinajstić information content (AvgIpc) is 2.77. The molecule has 0 saturated heterocycles. The number of nitrogens with one attached hydrogen (secondary N) is 1. The van der Waals surface area contributed by atoms with Crippen molar-refractivity contribution in [3.63, 3.8) is 0 Å². The third kappa shape index (κ3) is 3.56. The van der Waals surface area contributed by atoms with Crippen LogP contribution in [0, 0.1) is 12.3 Å². The number of hydrogen-bond acceptors (Lipinski definition) is 5. The van der Waals surface area contributed by atoms with Crippen LogP contribution < -0.4 is 16.4 Å². The van der Waals surface area contributed by atoms with Crippen LogP contribution in [0.4, 0.5) is 0 Å². The lowest BCUT2D eigenvalue weighted by molar-refractivity contribution is -0.121. The summed E-state index contributed by atoms with van der Waals surface area (Å²) in [4.78, 5) is 41.7. The minimum absolute atomic E-state index is 0.0305. The zero-order valence-electron chi connectivity index (χ0n) is 15.9. The molecule has 0 spiro atoms. The molecular weight excluding hydrogens is 382 g/mol. The lowest BCUT2D eigenvalue weighted by atomic mass is 10.1. The van der Waals surface area contributed by atoms with E-state index in [1.165, 1.54) is 15.6 Å². The molecule has 0 radical (unpaired) electrons. The predicted molar refractivity (Wildman–Crippen MR) is 113 cm³/mol. The Morgan fingerprint density at radius 3 is 2.47 bits per heavy atom. The topological polar surface area (TPSA) is 98.9 Å². The van der Waals surface area contributed by atoms with Crippen LogP contribution in [0.2, 0.25) is 0 Å². The van der Waals surface area contributed by atoms with E-state index in [0.29, 0.717) is 27.4 Å². The van der Waals surface area contributed by atoms with Crippen LogP contribution in [0.3, 0.4) is 0 Å². The maximum atomic E-state index is 12.5. The Labute approximate surface area is 170 Å². The van der Waals surface area contributed by atoms with Crippen molar-refractivity contribution in [2.45, 2.75) is 19.6 Å². The third-order valence-electron chi connectivity index (χ3n) is 4.68. The molecule has 0 aliphatic carbocycles. The fourth-order valence-corrected chi connectivity index (χ4v) is 3.24. The molecule has 0 aliphatic heterocycles. The first-order chi connectivity index (χ1) is 14.6. The number of para-hydroxylation sites is 1. The van der Waals surface area contributed by atoms with Crippen molar-refractivity contribution in [3.8, 4) is 12.3 Å². The number of benzene rings is 2. The Balaban J connectivity index is 1.57. The number of rotatable bonds is 5. The standard InChI is InChI=1S/C22H17N5O3/c1-2-11-27-22(30)16-8-4-3-7-15(16)19(25-27)12-23-20(28)13-26-14-24-18-10-6-5-9-17(18)21(26)29/h1,3-10,14H,11-13H2,(H,23,28). The highest BCUT2D eigenvalue weighted by atomic mass is 16.2. The van der Waals surface area contributed by atoms with E-state index in [4.69, 9.17) is 6.42 Å². The zero-order valence-corrected chi connectivity index (χ0v) is 15.9. The van der Waals surface area contributed by atoms with Gasteiger partial charge in [-0.05, 0) is 18.2 Å². The minimum Gasteiger partial charge on any atom is -0.349 e. The smallest absolute Gasteiger partial charge is 0.275 e. The fraction of sp³-hybridized carbons (Fsp3) is 0.136. The lowest BCUT2D eigenvalue weighted by Gasteiger charge is -2.11. The van der Waals surface area contributed by atoms with Crippen molar-refractivity contribution in [2.75, 3.05) is 0 Å². The van der Waals surface area contributed by atoms with E-state index in [1.54, 1.807) is 48.5 Å². The molecule has 8 nitrogen and oxygen atoms in total. The van der Waals surface area contributed by atoms with Gasteiger partial charge in [0.1, 0.15) is 13.1 Å². The van der Waals surface area contributed by atoms with E-state index in [-0.39, 0.29) is 36.7 Å². The molecule has 2 aromatic heterocycles. The Morgan fingerprint density at radius 1 is 1.00 bits per heavy atom.